The summed E-state index contributed by atoms with van der Waals surface area (Å²) in [5.74, 6) is -1.24. The number of nitrogens with zero attached hydrogens (tertiary/aromatic N) is 3. The third-order valence-corrected chi connectivity index (χ3v) is 8.09. The standard InChI is InChI=1S/C20H17Cl2F2N3O2S2/c21-14-8-15(22)10-19(9-14)31(28,29)27-3-1-26(2-4-27)20-25-18(12-30-20)7-13-5-16(23)11-17(24)6-13/h5-6,8-12H,1-4,7H2. The zero-order valence-corrected chi connectivity index (χ0v) is 19.2. The van der Waals surface area contributed by atoms with Crippen molar-refractivity contribution in [3.05, 3.63) is 74.7 Å². The predicted octanol–water partition coefficient (Wildman–Crippen LogP) is 4.83. The van der Waals surface area contributed by atoms with E-state index in [0.29, 0.717) is 30.8 Å². The Balaban J connectivity index is 1.42. The molecule has 0 spiro atoms. The summed E-state index contributed by atoms with van der Waals surface area (Å²) in [6, 6.07) is 7.66. The maximum absolute atomic E-state index is 13.4. The first-order valence-electron chi connectivity index (χ1n) is 9.31. The molecule has 0 atom stereocenters. The number of anilines is 1. The number of hydrogen-bond donors (Lipinski definition) is 0. The zero-order chi connectivity index (χ0) is 22.2. The fraction of sp³-hybridized carbons (Fsp3) is 0.250. The van der Waals surface area contributed by atoms with E-state index >= 15 is 0 Å². The van der Waals surface area contributed by atoms with Crippen LogP contribution in [0.2, 0.25) is 10.0 Å². The minimum absolute atomic E-state index is 0.0670. The van der Waals surface area contributed by atoms with Gasteiger partial charge in [-0.05, 0) is 35.9 Å². The molecular formula is C20H17Cl2F2N3O2S2. The second-order valence-corrected chi connectivity index (χ2v) is 10.7. The molecule has 1 aliphatic heterocycles. The van der Waals surface area contributed by atoms with E-state index in [1.165, 1.54) is 46.0 Å². The highest BCUT2D eigenvalue weighted by atomic mass is 35.5. The van der Waals surface area contributed by atoms with E-state index in [2.05, 4.69) is 4.98 Å². The first-order chi connectivity index (χ1) is 14.7. The van der Waals surface area contributed by atoms with Gasteiger partial charge in [0.05, 0.1) is 10.6 Å². The van der Waals surface area contributed by atoms with Crippen molar-refractivity contribution in [1.29, 1.82) is 0 Å². The smallest absolute Gasteiger partial charge is 0.243 e. The van der Waals surface area contributed by atoms with Gasteiger partial charge in [0.25, 0.3) is 0 Å². The van der Waals surface area contributed by atoms with E-state index in [0.717, 1.165) is 11.2 Å². The number of hydrogen-bond acceptors (Lipinski definition) is 5. The Morgan fingerprint density at radius 1 is 0.935 bits per heavy atom. The Hall–Kier alpha value is -1.78. The zero-order valence-electron chi connectivity index (χ0n) is 16.1. The Bertz CT molecular complexity index is 1170. The molecule has 2 aromatic carbocycles. The summed E-state index contributed by atoms with van der Waals surface area (Å²) < 4.78 is 54.0. The highest BCUT2D eigenvalue weighted by molar-refractivity contribution is 7.89. The summed E-state index contributed by atoms with van der Waals surface area (Å²) in [6.45, 7) is 1.51. The number of benzene rings is 2. The molecule has 0 radical (unpaired) electrons. The number of piperazine rings is 1. The van der Waals surface area contributed by atoms with Crippen LogP contribution in [-0.4, -0.2) is 43.9 Å². The molecule has 164 valence electrons. The number of aromatic nitrogens is 1. The van der Waals surface area contributed by atoms with Gasteiger partial charge in [0, 0.05) is 54.1 Å². The molecule has 0 unspecified atom stereocenters. The summed E-state index contributed by atoms with van der Waals surface area (Å²) in [5.41, 5.74) is 1.21. The topological polar surface area (TPSA) is 53.5 Å². The van der Waals surface area contributed by atoms with Crippen LogP contribution in [0.15, 0.2) is 46.7 Å². The number of sulfonamides is 1. The molecule has 1 aromatic heterocycles. The molecule has 0 saturated carbocycles. The lowest BCUT2D eigenvalue weighted by atomic mass is 10.1. The quantitative estimate of drug-likeness (QED) is 0.500. The molecule has 1 saturated heterocycles. The van der Waals surface area contributed by atoms with E-state index < -0.39 is 21.7 Å². The van der Waals surface area contributed by atoms with Gasteiger partial charge >= 0.3 is 0 Å². The third kappa shape index (κ3) is 5.18. The lowest BCUT2D eigenvalue weighted by Crippen LogP contribution is -2.48. The summed E-state index contributed by atoms with van der Waals surface area (Å²) in [5, 5.41) is 3.11. The molecule has 11 heteroatoms. The normalized spacial score (nSPS) is 15.4. The molecule has 5 nitrogen and oxygen atoms in total. The molecule has 0 aliphatic carbocycles. The van der Waals surface area contributed by atoms with Crippen LogP contribution in [0.4, 0.5) is 13.9 Å². The van der Waals surface area contributed by atoms with Gasteiger partial charge in [0.15, 0.2) is 5.13 Å². The number of thiazole rings is 1. The van der Waals surface area contributed by atoms with E-state index in [1.807, 2.05) is 10.3 Å². The summed E-state index contributed by atoms with van der Waals surface area (Å²) in [6.07, 6.45) is 0.315. The van der Waals surface area contributed by atoms with Crippen molar-refractivity contribution in [2.45, 2.75) is 11.3 Å². The van der Waals surface area contributed by atoms with Crippen LogP contribution in [0.1, 0.15) is 11.3 Å². The van der Waals surface area contributed by atoms with Gasteiger partial charge < -0.3 is 4.90 Å². The average Bonchev–Trinajstić information content (AvgIpc) is 3.15. The van der Waals surface area contributed by atoms with E-state index in [4.69, 9.17) is 23.2 Å². The van der Waals surface area contributed by atoms with Crippen molar-refractivity contribution < 1.29 is 17.2 Å². The Morgan fingerprint density at radius 2 is 1.55 bits per heavy atom. The van der Waals surface area contributed by atoms with Crippen molar-refractivity contribution in [1.82, 2.24) is 9.29 Å². The second-order valence-electron chi connectivity index (χ2n) is 7.07. The first kappa shape index (κ1) is 22.4. The van der Waals surface area contributed by atoms with Crippen LogP contribution in [0.25, 0.3) is 0 Å². The van der Waals surface area contributed by atoms with Gasteiger partial charge in [-0.3, -0.25) is 0 Å². The van der Waals surface area contributed by atoms with Crippen LogP contribution in [0.5, 0.6) is 0 Å². The predicted molar refractivity (Wildman–Crippen MR) is 119 cm³/mol. The maximum Gasteiger partial charge on any atom is 0.243 e. The van der Waals surface area contributed by atoms with Crippen molar-refractivity contribution in [2.75, 3.05) is 31.1 Å². The van der Waals surface area contributed by atoms with Crippen molar-refractivity contribution in [3.63, 3.8) is 0 Å². The average molecular weight is 504 g/mol. The molecule has 0 amide bonds. The van der Waals surface area contributed by atoms with E-state index in [9.17, 15) is 17.2 Å². The number of halogens is 4. The Kier molecular flexibility index (Phi) is 6.50. The second kappa shape index (κ2) is 8.99. The maximum atomic E-state index is 13.4. The van der Waals surface area contributed by atoms with Crippen molar-refractivity contribution in [3.8, 4) is 0 Å². The largest absolute Gasteiger partial charge is 0.345 e. The van der Waals surface area contributed by atoms with Gasteiger partial charge in [-0.1, -0.05) is 23.2 Å². The molecule has 4 rings (SSSR count). The van der Waals surface area contributed by atoms with Crippen LogP contribution < -0.4 is 4.90 Å². The molecule has 1 fully saturated rings. The summed E-state index contributed by atoms with van der Waals surface area (Å²) >= 11 is 13.3. The van der Waals surface area contributed by atoms with Crippen LogP contribution in [-0.2, 0) is 16.4 Å². The highest BCUT2D eigenvalue weighted by Gasteiger charge is 2.30. The molecule has 0 bridgehead atoms. The fourth-order valence-electron chi connectivity index (χ4n) is 3.39. The van der Waals surface area contributed by atoms with Crippen LogP contribution in [0.3, 0.4) is 0 Å². The summed E-state index contributed by atoms with van der Waals surface area (Å²) in [4.78, 5) is 6.62. The lowest BCUT2D eigenvalue weighted by Gasteiger charge is -2.33. The Morgan fingerprint density at radius 3 is 2.16 bits per heavy atom. The minimum Gasteiger partial charge on any atom is -0.345 e. The third-order valence-electron chi connectivity index (χ3n) is 4.83. The van der Waals surface area contributed by atoms with Crippen LogP contribution >= 0.6 is 34.5 Å². The SMILES string of the molecule is O=S(=O)(c1cc(Cl)cc(Cl)c1)N1CCN(c2nc(Cc3cc(F)cc(F)c3)cs2)CC1. The first-order valence-corrected chi connectivity index (χ1v) is 12.4. The molecule has 3 aromatic rings. The van der Waals surface area contributed by atoms with E-state index in [1.54, 1.807) is 0 Å². The fourth-order valence-corrected chi connectivity index (χ4v) is 6.42. The van der Waals surface area contributed by atoms with Gasteiger partial charge in [-0.2, -0.15) is 4.31 Å². The lowest BCUT2D eigenvalue weighted by molar-refractivity contribution is 0.384. The molecule has 0 N–H and O–H groups in total. The molecular weight excluding hydrogens is 487 g/mol. The highest BCUT2D eigenvalue weighted by Crippen LogP contribution is 2.28. The monoisotopic (exact) mass is 503 g/mol. The van der Waals surface area contributed by atoms with Gasteiger partial charge in [-0.25, -0.2) is 22.2 Å². The van der Waals surface area contributed by atoms with Crippen LogP contribution in [0, 0.1) is 11.6 Å². The summed E-state index contributed by atoms with van der Waals surface area (Å²) in [7, 11) is -3.71. The van der Waals surface area contributed by atoms with Gasteiger partial charge in [0.2, 0.25) is 10.0 Å². The van der Waals surface area contributed by atoms with Gasteiger partial charge in [-0.15, -0.1) is 11.3 Å². The minimum atomic E-state index is -3.71. The molecule has 31 heavy (non-hydrogen) atoms. The Labute approximate surface area is 192 Å². The van der Waals surface area contributed by atoms with Crippen molar-refractivity contribution in [2.24, 2.45) is 0 Å². The molecule has 1 aliphatic rings. The van der Waals surface area contributed by atoms with E-state index in [-0.39, 0.29) is 28.0 Å². The van der Waals surface area contributed by atoms with Gasteiger partial charge in [0.1, 0.15) is 11.6 Å². The van der Waals surface area contributed by atoms with Crippen molar-refractivity contribution >= 4 is 49.7 Å². The molecule has 2 heterocycles. The number of rotatable bonds is 5.